The maximum absolute atomic E-state index is 13.3. The zero-order valence-corrected chi connectivity index (χ0v) is 25.3. The van der Waals surface area contributed by atoms with Crippen molar-refractivity contribution < 1.29 is 40.8 Å². The number of esters is 1. The van der Waals surface area contributed by atoms with E-state index in [9.17, 15) is 36.0 Å². The summed E-state index contributed by atoms with van der Waals surface area (Å²) in [6, 6.07) is -3.02. The maximum atomic E-state index is 13.3. The highest BCUT2D eigenvalue weighted by molar-refractivity contribution is 7.89. The lowest BCUT2D eigenvalue weighted by atomic mass is 9.97. The van der Waals surface area contributed by atoms with Gasteiger partial charge in [-0.3, -0.25) is 14.4 Å². The summed E-state index contributed by atoms with van der Waals surface area (Å²) in [4.78, 5) is 50.4. The summed E-state index contributed by atoms with van der Waals surface area (Å²) >= 11 is 0. The molecule has 1 aliphatic heterocycles. The van der Waals surface area contributed by atoms with Gasteiger partial charge in [0, 0.05) is 31.1 Å². The quantitative estimate of drug-likeness (QED) is 0.0725. The number of amides is 3. The highest BCUT2D eigenvalue weighted by atomic mass is 32.2. The van der Waals surface area contributed by atoms with Gasteiger partial charge in [-0.25, -0.2) is 31.1 Å². The molecule has 230 valence electrons. The van der Waals surface area contributed by atoms with Gasteiger partial charge in [-0.15, -0.1) is 0 Å². The molecular weight excluding hydrogens is 566 g/mol. The van der Waals surface area contributed by atoms with Crippen molar-refractivity contribution in [2.45, 2.75) is 71.0 Å². The largest absolute Gasteiger partial charge is 0.463 e. The van der Waals surface area contributed by atoms with Crippen LogP contribution in [0.15, 0.2) is 12.2 Å². The molecule has 1 fully saturated rings. The van der Waals surface area contributed by atoms with Gasteiger partial charge in [0.05, 0.1) is 19.1 Å². The lowest BCUT2D eigenvalue weighted by Crippen LogP contribution is -2.55. The number of carbonyl (C=O) groups excluding carboxylic acids is 4. The second-order valence-corrected chi connectivity index (χ2v) is 13.8. The van der Waals surface area contributed by atoms with Gasteiger partial charge < -0.3 is 20.7 Å². The summed E-state index contributed by atoms with van der Waals surface area (Å²) in [6.45, 7) is 6.01. The van der Waals surface area contributed by atoms with Crippen LogP contribution in [0.2, 0.25) is 0 Å². The van der Waals surface area contributed by atoms with E-state index in [0.717, 1.165) is 12.5 Å². The Hall–Kier alpha value is -2.56. The molecule has 0 aromatic rings. The van der Waals surface area contributed by atoms with E-state index >= 15 is 0 Å². The third kappa shape index (κ3) is 15.3. The molecule has 0 saturated carbocycles. The molecule has 1 rings (SSSR count). The molecule has 0 aromatic heterocycles. The highest BCUT2D eigenvalue weighted by Gasteiger charge is 2.31. The molecule has 0 bridgehead atoms. The molecule has 0 unspecified atom stereocenters. The first kappa shape index (κ1) is 35.5. The lowest BCUT2D eigenvalue weighted by molar-refractivity contribution is -0.137. The van der Waals surface area contributed by atoms with Crippen LogP contribution in [0, 0.1) is 11.8 Å². The fourth-order valence-electron chi connectivity index (χ4n) is 4.07. The molecule has 1 heterocycles. The van der Waals surface area contributed by atoms with Crippen LogP contribution in [-0.4, -0.2) is 90.9 Å². The first-order valence-electron chi connectivity index (χ1n) is 13.2. The number of hydrogen-bond donors (Lipinski definition) is 5. The van der Waals surface area contributed by atoms with Crippen LogP contribution in [0.1, 0.15) is 52.9 Å². The maximum Gasteiger partial charge on any atom is 0.330 e. The van der Waals surface area contributed by atoms with E-state index in [4.69, 9.17) is 4.74 Å². The van der Waals surface area contributed by atoms with E-state index < -0.39 is 56.0 Å². The normalized spacial score (nSPS) is 18.2. The van der Waals surface area contributed by atoms with Gasteiger partial charge in [0.15, 0.2) is 0 Å². The van der Waals surface area contributed by atoms with Crippen LogP contribution >= 0.6 is 0 Å². The Morgan fingerprint density at radius 3 is 2.23 bits per heavy atom. The van der Waals surface area contributed by atoms with Crippen molar-refractivity contribution >= 4 is 43.7 Å². The molecule has 5 N–H and O–H groups in total. The van der Waals surface area contributed by atoms with E-state index in [2.05, 4.69) is 25.4 Å². The summed E-state index contributed by atoms with van der Waals surface area (Å²) in [6.07, 6.45) is 5.62. The fraction of sp³-hybridized carbons (Fsp3) is 0.750. The van der Waals surface area contributed by atoms with Crippen molar-refractivity contribution in [1.82, 2.24) is 25.4 Å². The molecule has 0 radical (unpaired) electrons. The molecule has 0 aromatic carbocycles. The summed E-state index contributed by atoms with van der Waals surface area (Å²) in [5.74, 6) is -2.50. The van der Waals surface area contributed by atoms with Gasteiger partial charge in [0.25, 0.3) is 0 Å². The minimum atomic E-state index is -3.81. The highest BCUT2D eigenvalue weighted by Crippen LogP contribution is 2.17. The van der Waals surface area contributed by atoms with E-state index in [-0.39, 0.29) is 56.6 Å². The number of nitrogens with one attached hydrogen (secondary N) is 5. The zero-order chi connectivity index (χ0) is 30.5. The third-order valence-electron chi connectivity index (χ3n) is 5.83. The SMILES string of the molecule is CCOC(=O)C=C[C@H](C[C@@H]1CCNC1=O)NC(=O)[C@H](CC(C)C)NC(=O)[C@H](CCCNS(C)(=O)=O)NS(C)(=O)=O. The molecule has 0 aliphatic carbocycles. The van der Waals surface area contributed by atoms with Crippen LogP contribution in [0.4, 0.5) is 0 Å². The summed E-state index contributed by atoms with van der Waals surface area (Å²) in [7, 11) is -7.27. The Morgan fingerprint density at radius 2 is 1.70 bits per heavy atom. The van der Waals surface area contributed by atoms with Gasteiger partial charge in [-0.1, -0.05) is 19.9 Å². The van der Waals surface area contributed by atoms with E-state index in [1.807, 2.05) is 13.8 Å². The Balaban J connectivity index is 3.06. The molecule has 0 spiro atoms. The molecule has 1 aliphatic rings. The minimum absolute atomic E-state index is 0.00676. The number of rotatable bonds is 18. The third-order valence-corrected chi connectivity index (χ3v) is 7.27. The van der Waals surface area contributed by atoms with E-state index in [0.29, 0.717) is 13.0 Å². The van der Waals surface area contributed by atoms with Gasteiger partial charge in [-0.2, -0.15) is 0 Å². The number of carbonyl (C=O) groups is 4. The second-order valence-electron chi connectivity index (χ2n) is 10.2. The molecule has 14 nitrogen and oxygen atoms in total. The molecule has 16 heteroatoms. The summed E-state index contributed by atoms with van der Waals surface area (Å²) in [5, 5.41) is 8.12. The van der Waals surface area contributed by atoms with Crippen molar-refractivity contribution in [3.8, 4) is 0 Å². The Bertz CT molecular complexity index is 1120. The Morgan fingerprint density at radius 1 is 1.05 bits per heavy atom. The van der Waals surface area contributed by atoms with Crippen LogP contribution in [0.25, 0.3) is 0 Å². The molecule has 1 saturated heterocycles. The predicted molar refractivity (Wildman–Crippen MR) is 149 cm³/mol. The number of hydrogen-bond acceptors (Lipinski definition) is 9. The predicted octanol–water partition coefficient (Wildman–Crippen LogP) is -1.11. The van der Waals surface area contributed by atoms with Crippen LogP contribution in [0.3, 0.4) is 0 Å². The van der Waals surface area contributed by atoms with Crippen molar-refractivity contribution in [1.29, 1.82) is 0 Å². The number of ether oxygens (including phenoxy) is 1. The standard InChI is InChI=1S/C24H43N5O9S2/c1-6-38-21(30)10-9-18(15-17-11-13-25-22(17)31)27-24(33)20(14-16(2)3)28-23(32)19(29-40(5,36)37)8-7-12-26-39(4,34)35/h9-10,16-20,26,29H,6-8,11-15H2,1-5H3,(H,25,31)(H,27,33)(H,28,32)/t17-,18+,19-,20-/m0/s1. The van der Waals surface area contributed by atoms with Gasteiger partial charge in [0.1, 0.15) is 12.1 Å². The summed E-state index contributed by atoms with van der Waals surface area (Å²) in [5.41, 5.74) is 0. The molecule has 3 amide bonds. The van der Waals surface area contributed by atoms with Crippen LogP contribution < -0.4 is 25.4 Å². The average Bonchev–Trinajstić information content (AvgIpc) is 3.21. The Kier molecular flexibility index (Phi) is 14.8. The van der Waals surface area contributed by atoms with Gasteiger partial charge in [0.2, 0.25) is 37.8 Å². The minimum Gasteiger partial charge on any atom is -0.463 e. The van der Waals surface area contributed by atoms with Gasteiger partial charge in [-0.05, 0) is 44.9 Å². The second kappa shape index (κ2) is 16.6. The van der Waals surface area contributed by atoms with Crippen molar-refractivity contribution in [2.24, 2.45) is 11.8 Å². The summed E-state index contributed by atoms with van der Waals surface area (Å²) < 4.78 is 55.8. The Labute approximate surface area is 236 Å². The number of sulfonamides is 2. The zero-order valence-electron chi connectivity index (χ0n) is 23.7. The fourth-order valence-corrected chi connectivity index (χ4v) is 5.33. The molecule has 4 atom stereocenters. The van der Waals surface area contributed by atoms with Crippen LogP contribution in [0.5, 0.6) is 0 Å². The van der Waals surface area contributed by atoms with E-state index in [1.165, 1.54) is 12.2 Å². The smallest absolute Gasteiger partial charge is 0.330 e. The average molecular weight is 610 g/mol. The van der Waals surface area contributed by atoms with Gasteiger partial charge >= 0.3 is 5.97 Å². The lowest BCUT2D eigenvalue weighted by Gasteiger charge is -2.26. The molecular formula is C24H43N5O9S2. The van der Waals surface area contributed by atoms with Crippen molar-refractivity contribution in [2.75, 3.05) is 32.2 Å². The topological polar surface area (TPSA) is 206 Å². The van der Waals surface area contributed by atoms with Crippen molar-refractivity contribution in [3.63, 3.8) is 0 Å². The van der Waals surface area contributed by atoms with E-state index in [1.54, 1.807) is 6.92 Å². The van der Waals surface area contributed by atoms with Crippen molar-refractivity contribution in [3.05, 3.63) is 12.2 Å². The first-order chi connectivity index (χ1) is 18.5. The first-order valence-corrected chi connectivity index (χ1v) is 16.9. The molecule has 40 heavy (non-hydrogen) atoms. The monoisotopic (exact) mass is 609 g/mol. The van der Waals surface area contributed by atoms with Crippen LogP contribution in [-0.2, 0) is 44.0 Å².